The first-order valence-electron chi connectivity index (χ1n) is 9.39. The Hall–Kier alpha value is -2.64. The Kier molecular flexibility index (Phi) is 4.49. The molecular weight excluding hydrogens is 352 g/mol. The van der Waals surface area contributed by atoms with Crippen molar-refractivity contribution in [3.05, 3.63) is 12.1 Å². The van der Waals surface area contributed by atoms with E-state index in [1.54, 1.807) is 17.0 Å². The minimum absolute atomic E-state index is 0.0207. The van der Waals surface area contributed by atoms with Gasteiger partial charge in [-0.2, -0.15) is 0 Å². The zero-order chi connectivity index (χ0) is 19.0. The summed E-state index contributed by atoms with van der Waals surface area (Å²) in [5, 5.41) is 12.6. The number of rotatable bonds is 4. The predicted octanol–water partition coefficient (Wildman–Crippen LogP) is 2.58. The summed E-state index contributed by atoms with van der Waals surface area (Å²) in [6.07, 6.45) is 2.39. The van der Waals surface area contributed by atoms with E-state index in [0.717, 1.165) is 12.8 Å². The van der Waals surface area contributed by atoms with Crippen molar-refractivity contribution in [2.45, 2.75) is 26.2 Å². The van der Waals surface area contributed by atoms with Gasteiger partial charge in [0, 0.05) is 25.2 Å². The fourth-order valence-corrected chi connectivity index (χ4v) is 4.43. The number of carboxylic acid groups (broad SMARTS) is 1. The lowest BCUT2D eigenvalue weighted by Crippen LogP contribution is -2.38. The molecule has 2 fully saturated rings. The second-order valence-corrected chi connectivity index (χ2v) is 7.29. The van der Waals surface area contributed by atoms with Crippen LogP contribution >= 0.6 is 0 Å². The number of nitrogens with one attached hydrogen (secondary N) is 1. The highest BCUT2D eigenvalue weighted by molar-refractivity contribution is 5.92. The molecule has 1 saturated heterocycles. The maximum absolute atomic E-state index is 12.8. The number of amides is 2. The Labute approximate surface area is 157 Å². The van der Waals surface area contributed by atoms with Crippen LogP contribution < -0.4 is 19.5 Å². The lowest BCUT2D eigenvalue weighted by molar-refractivity contribution is -0.149. The molecule has 3 aliphatic rings. The quantitative estimate of drug-likeness (QED) is 0.838. The molecule has 2 N–H and O–H groups in total. The average molecular weight is 376 g/mol. The van der Waals surface area contributed by atoms with Crippen LogP contribution in [0.25, 0.3) is 0 Å². The number of hydrogen-bond donors (Lipinski definition) is 2. The van der Waals surface area contributed by atoms with Crippen molar-refractivity contribution >= 4 is 17.7 Å². The third kappa shape index (κ3) is 3.02. The third-order valence-corrected chi connectivity index (χ3v) is 5.77. The number of aliphatic carboxylic acids is 1. The summed E-state index contributed by atoms with van der Waals surface area (Å²) in [6.45, 7) is 3.93. The standard InChI is InChI=1S/C19H24N2O6/c1-2-25-14-9-16-15(26-6-7-27-16)8-13(14)20-18(24)21-10-12-4-3-5-19(12,11-21)17(22)23/h8-9,12H,2-7,10-11H2,1H3,(H,20,24)(H,22,23)/t12-,19+/m0/s1. The smallest absolute Gasteiger partial charge is 0.321 e. The number of carboxylic acids is 1. The average Bonchev–Trinajstić information content (AvgIpc) is 3.21. The van der Waals surface area contributed by atoms with E-state index in [-0.39, 0.29) is 18.5 Å². The predicted molar refractivity (Wildman–Crippen MR) is 96.6 cm³/mol. The molecule has 0 bridgehead atoms. The lowest BCUT2D eigenvalue weighted by Gasteiger charge is -2.24. The summed E-state index contributed by atoms with van der Waals surface area (Å²) in [5.74, 6) is 0.869. The molecule has 146 valence electrons. The molecule has 8 heteroatoms. The zero-order valence-corrected chi connectivity index (χ0v) is 15.3. The normalized spacial score (nSPS) is 25.8. The van der Waals surface area contributed by atoms with E-state index in [1.165, 1.54) is 0 Å². The maximum Gasteiger partial charge on any atom is 0.321 e. The molecule has 1 saturated carbocycles. The minimum atomic E-state index is -0.799. The van der Waals surface area contributed by atoms with E-state index in [1.807, 2.05) is 6.92 Å². The number of hydrogen-bond acceptors (Lipinski definition) is 5. The van der Waals surface area contributed by atoms with E-state index >= 15 is 0 Å². The SMILES string of the molecule is CCOc1cc2c(cc1NC(=O)N1C[C@@H]3CCC[C@@]3(C(=O)O)C1)OCCO2. The number of likely N-dealkylation sites (tertiary alicyclic amines) is 1. The van der Waals surface area contributed by atoms with Crippen LogP contribution in [-0.2, 0) is 4.79 Å². The molecule has 2 atom stereocenters. The van der Waals surface area contributed by atoms with Crippen LogP contribution in [0.15, 0.2) is 12.1 Å². The summed E-state index contributed by atoms with van der Waals surface area (Å²) in [5.41, 5.74) is -0.306. The van der Waals surface area contributed by atoms with Gasteiger partial charge in [-0.15, -0.1) is 0 Å². The van der Waals surface area contributed by atoms with Gasteiger partial charge in [0.2, 0.25) is 0 Å². The van der Waals surface area contributed by atoms with Crippen LogP contribution in [0.5, 0.6) is 17.2 Å². The topological polar surface area (TPSA) is 97.3 Å². The molecule has 1 aromatic rings. The van der Waals surface area contributed by atoms with Crippen LogP contribution in [0.4, 0.5) is 10.5 Å². The Morgan fingerprint density at radius 1 is 1.33 bits per heavy atom. The van der Waals surface area contributed by atoms with Gasteiger partial charge in [0.15, 0.2) is 11.5 Å². The molecular formula is C19H24N2O6. The highest BCUT2D eigenvalue weighted by Crippen LogP contribution is 2.49. The zero-order valence-electron chi connectivity index (χ0n) is 15.3. The van der Waals surface area contributed by atoms with Crippen molar-refractivity contribution in [2.75, 3.05) is 38.2 Å². The molecule has 0 radical (unpaired) electrons. The Morgan fingerprint density at radius 2 is 2.07 bits per heavy atom. The van der Waals surface area contributed by atoms with E-state index in [9.17, 15) is 14.7 Å². The number of anilines is 1. The van der Waals surface area contributed by atoms with Gasteiger partial charge in [-0.3, -0.25) is 4.79 Å². The van der Waals surface area contributed by atoms with E-state index in [0.29, 0.717) is 55.7 Å². The van der Waals surface area contributed by atoms with Crippen molar-refractivity contribution in [3.8, 4) is 17.2 Å². The van der Waals surface area contributed by atoms with Gasteiger partial charge >= 0.3 is 12.0 Å². The molecule has 2 amide bonds. The molecule has 0 spiro atoms. The van der Waals surface area contributed by atoms with Gasteiger partial charge in [-0.1, -0.05) is 6.42 Å². The number of fused-ring (bicyclic) bond motifs is 2. The second kappa shape index (κ2) is 6.83. The molecule has 8 nitrogen and oxygen atoms in total. The van der Waals surface area contributed by atoms with E-state index in [2.05, 4.69) is 5.32 Å². The van der Waals surface area contributed by atoms with Crippen LogP contribution in [-0.4, -0.2) is 54.9 Å². The number of urea groups is 1. The molecule has 0 unspecified atom stereocenters. The summed E-state index contributed by atoms with van der Waals surface area (Å²) in [4.78, 5) is 26.3. The first kappa shape index (κ1) is 17.8. The third-order valence-electron chi connectivity index (χ3n) is 5.77. The van der Waals surface area contributed by atoms with Gasteiger partial charge in [0.25, 0.3) is 0 Å². The van der Waals surface area contributed by atoms with Gasteiger partial charge < -0.3 is 29.5 Å². The molecule has 2 aliphatic heterocycles. The number of carbonyl (C=O) groups excluding carboxylic acids is 1. The second-order valence-electron chi connectivity index (χ2n) is 7.29. The molecule has 27 heavy (non-hydrogen) atoms. The molecule has 0 aromatic heterocycles. The number of ether oxygens (including phenoxy) is 3. The molecule has 4 rings (SSSR count). The van der Waals surface area contributed by atoms with Crippen molar-refractivity contribution in [1.29, 1.82) is 0 Å². The van der Waals surface area contributed by atoms with E-state index < -0.39 is 11.4 Å². The molecule has 1 aromatic carbocycles. The Balaban J connectivity index is 1.54. The van der Waals surface area contributed by atoms with E-state index in [4.69, 9.17) is 14.2 Å². The number of nitrogens with zero attached hydrogens (tertiary/aromatic N) is 1. The molecule has 1 aliphatic carbocycles. The summed E-state index contributed by atoms with van der Waals surface area (Å²) in [7, 11) is 0. The van der Waals surface area contributed by atoms with Crippen molar-refractivity contribution in [1.82, 2.24) is 4.90 Å². The van der Waals surface area contributed by atoms with Crippen LogP contribution in [0.1, 0.15) is 26.2 Å². The van der Waals surface area contributed by atoms with Crippen LogP contribution in [0.2, 0.25) is 0 Å². The lowest BCUT2D eigenvalue weighted by atomic mass is 9.81. The van der Waals surface area contributed by atoms with Crippen molar-refractivity contribution in [3.63, 3.8) is 0 Å². The van der Waals surface area contributed by atoms with Crippen molar-refractivity contribution < 1.29 is 28.9 Å². The highest BCUT2D eigenvalue weighted by Gasteiger charge is 2.55. The van der Waals surface area contributed by atoms with Crippen LogP contribution in [0.3, 0.4) is 0 Å². The van der Waals surface area contributed by atoms with Gasteiger partial charge in [-0.25, -0.2) is 4.79 Å². The fourth-order valence-electron chi connectivity index (χ4n) is 4.43. The highest BCUT2D eigenvalue weighted by atomic mass is 16.6. The number of carbonyl (C=O) groups is 2. The summed E-state index contributed by atoms with van der Waals surface area (Å²) < 4.78 is 16.8. The van der Waals surface area contributed by atoms with Gasteiger partial charge in [-0.05, 0) is 25.7 Å². The van der Waals surface area contributed by atoms with Gasteiger partial charge in [0.1, 0.15) is 19.0 Å². The monoisotopic (exact) mass is 376 g/mol. The van der Waals surface area contributed by atoms with Gasteiger partial charge in [0.05, 0.1) is 17.7 Å². The maximum atomic E-state index is 12.8. The first-order valence-corrected chi connectivity index (χ1v) is 9.39. The summed E-state index contributed by atoms with van der Waals surface area (Å²) in [6, 6.07) is 3.09. The van der Waals surface area contributed by atoms with Crippen LogP contribution in [0, 0.1) is 11.3 Å². The van der Waals surface area contributed by atoms with Crippen molar-refractivity contribution in [2.24, 2.45) is 11.3 Å². The Morgan fingerprint density at radius 3 is 2.74 bits per heavy atom. The first-order chi connectivity index (χ1) is 13.0. The number of benzene rings is 1. The fraction of sp³-hybridized carbons (Fsp3) is 0.579. The molecule has 2 heterocycles. The summed E-state index contributed by atoms with van der Waals surface area (Å²) >= 11 is 0. The minimum Gasteiger partial charge on any atom is -0.492 e. The largest absolute Gasteiger partial charge is 0.492 e. The Bertz CT molecular complexity index is 767.